The van der Waals surface area contributed by atoms with Gasteiger partial charge in [0.15, 0.2) is 0 Å². The standard InChI is InChI=1S/C30H17Br.C16H10BO2.C14H8Br2.CH4/c31-30-25-10-3-1-8-21(25)29(22-9-2-4-11-26(22)30)24-17-15-20-13-12-18-6-5-7-19-14-16-23(24)28(20)27(18)19;18-17-19-14-9-7-12-5-4-10-2-1-3-11-6-8-13(14)16(12)15(10)11;15-13-9-5-1-2-6-10(9)14(16)12-8-4-3-7-11(12)13;/h1-17H;1-9,18H;1-8H;1H4. The van der Waals surface area contributed by atoms with Gasteiger partial charge >= 0.3 is 7.69 Å². The van der Waals surface area contributed by atoms with Crippen LogP contribution in [0, 0.1) is 0 Å². The van der Waals surface area contributed by atoms with Crippen LogP contribution in [0.15, 0.2) is 220 Å². The third kappa shape index (κ3) is 7.09. The molecule has 0 aliphatic heterocycles. The Labute approximate surface area is 413 Å². The Bertz CT molecular complexity index is 3980. The van der Waals surface area contributed by atoms with Crippen LogP contribution in [0.2, 0.25) is 0 Å². The van der Waals surface area contributed by atoms with Crippen molar-refractivity contribution in [1.82, 2.24) is 0 Å². The highest BCUT2D eigenvalue weighted by atomic mass is 79.9. The molecule has 0 aromatic heterocycles. The third-order valence-corrected chi connectivity index (χ3v) is 15.7. The summed E-state index contributed by atoms with van der Waals surface area (Å²) in [5.74, 6) is 0.674. The lowest BCUT2D eigenvalue weighted by Gasteiger charge is -2.18. The van der Waals surface area contributed by atoms with E-state index in [0.717, 1.165) is 13.1 Å². The molecule has 0 amide bonds. The average Bonchev–Trinajstić information content (AvgIpc) is 3.38. The highest BCUT2D eigenvalue weighted by Gasteiger charge is 2.18. The van der Waals surface area contributed by atoms with Crippen molar-refractivity contribution >= 4 is 163 Å². The van der Waals surface area contributed by atoms with Crippen LogP contribution in [-0.2, 0) is 0 Å². The van der Waals surface area contributed by atoms with Gasteiger partial charge in [-0.15, -0.1) is 0 Å². The second-order valence-electron chi connectivity index (χ2n) is 16.6. The molecule has 0 saturated heterocycles. The van der Waals surface area contributed by atoms with E-state index in [1.54, 1.807) is 0 Å². The van der Waals surface area contributed by atoms with Gasteiger partial charge in [0.25, 0.3) is 0 Å². The first-order chi connectivity index (χ1) is 32.5. The van der Waals surface area contributed by atoms with Crippen molar-refractivity contribution in [1.29, 1.82) is 0 Å². The Kier molecular flexibility index (Phi) is 11.3. The molecule has 0 aliphatic rings. The van der Waals surface area contributed by atoms with E-state index < -0.39 is 0 Å². The van der Waals surface area contributed by atoms with E-state index in [1.807, 2.05) is 18.2 Å². The predicted octanol–water partition coefficient (Wildman–Crippen LogP) is 19.0. The van der Waals surface area contributed by atoms with Crippen LogP contribution in [-0.4, -0.2) is 12.7 Å². The second-order valence-corrected chi connectivity index (χ2v) is 19.0. The van der Waals surface area contributed by atoms with Crippen LogP contribution < -0.4 is 4.65 Å². The highest BCUT2D eigenvalue weighted by Crippen LogP contribution is 2.46. The summed E-state index contributed by atoms with van der Waals surface area (Å²) in [5, 5.41) is 34.0. The summed E-state index contributed by atoms with van der Waals surface area (Å²) in [6, 6.07) is 73.1. The molecule has 0 heterocycles. The van der Waals surface area contributed by atoms with Crippen molar-refractivity contribution in [2.45, 2.75) is 7.43 Å². The second kappa shape index (κ2) is 17.6. The summed E-state index contributed by atoms with van der Waals surface area (Å²) >= 11 is 11.3. The summed E-state index contributed by atoms with van der Waals surface area (Å²) in [6.07, 6.45) is 0. The van der Waals surface area contributed by atoms with Crippen LogP contribution in [0.3, 0.4) is 0 Å². The van der Waals surface area contributed by atoms with Crippen molar-refractivity contribution in [3.05, 3.63) is 220 Å². The fraction of sp³-hybridized carbons (Fsp3) is 0.0164. The number of hydrogen-bond donors (Lipinski definition) is 1. The zero-order chi connectivity index (χ0) is 44.5. The van der Waals surface area contributed by atoms with Gasteiger partial charge in [-0.1, -0.05) is 208 Å². The zero-order valence-corrected chi connectivity index (χ0v) is 40.0. The fourth-order valence-corrected chi connectivity index (χ4v) is 12.3. The Balaban J connectivity index is 0.000000118. The first-order valence-corrected chi connectivity index (χ1v) is 24.2. The van der Waals surface area contributed by atoms with E-state index in [2.05, 4.69) is 236 Å². The van der Waals surface area contributed by atoms with Gasteiger partial charge in [-0.05, 0) is 162 Å². The topological polar surface area (TPSA) is 29.5 Å². The first kappa shape index (κ1) is 43.1. The lowest BCUT2D eigenvalue weighted by Crippen LogP contribution is -2.00. The molecule has 1 radical (unpaired) electrons. The minimum absolute atomic E-state index is 0. The molecule has 0 unspecified atom stereocenters. The molecule has 0 atom stereocenters. The largest absolute Gasteiger partial charge is 0.569 e. The lowest BCUT2D eigenvalue weighted by molar-refractivity contribution is 0.457. The third-order valence-electron chi connectivity index (χ3n) is 13.1. The molecule has 0 bridgehead atoms. The smallest absolute Gasteiger partial charge is 0.537 e. The monoisotopic (exact) mass is 1050 g/mol. The molecular formula is C61H39BBr3O2. The lowest BCUT2D eigenvalue weighted by atomic mass is 9.86. The summed E-state index contributed by atoms with van der Waals surface area (Å²) in [6.45, 7) is 0. The van der Waals surface area contributed by atoms with Gasteiger partial charge in [0.05, 0.1) is 0 Å². The maximum absolute atomic E-state index is 8.87. The van der Waals surface area contributed by atoms with E-state index in [0.29, 0.717) is 5.75 Å². The van der Waals surface area contributed by atoms with Gasteiger partial charge in [0.1, 0.15) is 5.75 Å². The molecule has 2 nitrogen and oxygen atoms in total. The van der Waals surface area contributed by atoms with E-state index >= 15 is 0 Å². The normalized spacial score (nSPS) is 11.5. The maximum atomic E-state index is 8.87. The molecule has 0 saturated carbocycles. The Morgan fingerprint density at radius 1 is 0.299 bits per heavy atom. The van der Waals surface area contributed by atoms with E-state index in [-0.39, 0.29) is 7.43 Å². The SMILES string of the molecule is Brc1c2ccccc2c(-c2ccc3ccc4cccc5ccc2c3c45)c2ccccc12.Brc1c2ccccc2c(Br)c2ccccc12.C.O[B]Oc1ccc2ccc3cccc4ccc1c2c34. The quantitative estimate of drug-likeness (QED) is 0.109. The molecule has 14 aromatic carbocycles. The van der Waals surface area contributed by atoms with Gasteiger partial charge in [-0.2, -0.15) is 0 Å². The van der Waals surface area contributed by atoms with Crippen molar-refractivity contribution in [3.8, 4) is 16.9 Å². The highest BCUT2D eigenvalue weighted by molar-refractivity contribution is 9.11. The van der Waals surface area contributed by atoms with Crippen molar-refractivity contribution in [2.75, 3.05) is 0 Å². The summed E-state index contributed by atoms with van der Waals surface area (Å²) in [4.78, 5) is 0. The van der Waals surface area contributed by atoms with Crippen molar-refractivity contribution in [3.63, 3.8) is 0 Å². The van der Waals surface area contributed by atoms with Crippen LogP contribution in [0.5, 0.6) is 5.75 Å². The molecule has 1 N–H and O–H groups in total. The van der Waals surface area contributed by atoms with Gasteiger partial charge < -0.3 is 9.68 Å². The van der Waals surface area contributed by atoms with Crippen LogP contribution >= 0.6 is 47.8 Å². The van der Waals surface area contributed by atoms with Crippen LogP contribution in [0.4, 0.5) is 0 Å². The predicted molar refractivity (Wildman–Crippen MR) is 301 cm³/mol. The van der Waals surface area contributed by atoms with Gasteiger partial charge in [0.2, 0.25) is 0 Å². The molecule has 319 valence electrons. The van der Waals surface area contributed by atoms with Gasteiger partial charge in [0, 0.05) is 24.2 Å². The Hall–Kier alpha value is -6.54. The summed E-state index contributed by atoms with van der Waals surface area (Å²) < 4.78 is 8.70. The number of fused-ring (bicyclic) bond motifs is 4. The molecule has 0 fully saturated rings. The molecule has 0 spiro atoms. The minimum atomic E-state index is 0. The van der Waals surface area contributed by atoms with Gasteiger partial charge in [-0.3, -0.25) is 0 Å². The van der Waals surface area contributed by atoms with Crippen LogP contribution in [0.25, 0.3) is 119 Å². The Morgan fingerprint density at radius 2 is 0.612 bits per heavy atom. The zero-order valence-electron chi connectivity index (χ0n) is 35.2. The maximum Gasteiger partial charge on any atom is 0.569 e. The molecular weight excluding hydrogens is 1020 g/mol. The van der Waals surface area contributed by atoms with Crippen molar-refractivity contribution in [2.24, 2.45) is 0 Å². The average molecular weight is 1050 g/mol. The number of rotatable bonds is 3. The van der Waals surface area contributed by atoms with Crippen molar-refractivity contribution < 1.29 is 9.68 Å². The molecule has 14 aromatic rings. The first-order valence-electron chi connectivity index (χ1n) is 21.8. The number of halogens is 3. The Morgan fingerprint density at radius 3 is 1.03 bits per heavy atom. The molecule has 14 rings (SSSR count). The number of benzene rings is 14. The van der Waals surface area contributed by atoms with E-state index in [9.17, 15) is 0 Å². The number of hydrogen-bond acceptors (Lipinski definition) is 2. The van der Waals surface area contributed by atoms with E-state index in [1.165, 1.54) is 127 Å². The molecule has 0 aliphatic carbocycles. The summed E-state index contributed by atoms with van der Waals surface area (Å²) in [5.41, 5.74) is 2.61. The van der Waals surface area contributed by atoms with E-state index in [4.69, 9.17) is 9.68 Å². The molecule has 67 heavy (non-hydrogen) atoms. The molecule has 6 heteroatoms. The van der Waals surface area contributed by atoms with Gasteiger partial charge in [-0.25, -0.2) is 0 Å². The van der Waals surface area contributed by atoms with Crippen LogP contribution in [0.1, 0.15) is 7.43 Å². The minimum Gasteiger partial charge on any atom is -0.537 e. The fourth-order valence-electron chi connectivity index (χ4n) is 10.2. The summed E-state index contributed by atoms with van der Waals surface area (Å²) in [7, 11) is 0.728.